The summed E-state index contributed by atoms with van der Waals surface area (Å²) < 4.78 is 45.5. The van der Waals surface area contributed by atoms with E-state index in [4.69, 9.17) is 10.1 Å². The van der Waals surface area contributed by atoms with Crippen LogP contribution >= 0.6 is 0 Å². The molecule has 0 radical (unpaired) electrons. The molecule has 1 aliphatic rings. The molecule has 1 aliphatic heterocycles. The van der Waals surface area contributed by atoms with Crippen molar-refractivity contribution < 1.29 is 27.5 Å². The van der Waals surface area contributed by atoms with Gasteiger partial charge in [0.1, 0.15) is 6.04 Å². The number of anilines is 1. The zero-order valence-electron chi connectivity index (χ0n) is 21.3. The first-order valence-corrected chi connectivity index (χ1v) is 11.5. The third-order valence-corrected chi connectivity index (χ3v) is 5.94. The van der Waals surface area contributed by atoms with E-state index < -0.39 is 35.7 Å². The number of rotatable bonds is 6. The highest BCUT2D eigenvalue weighted by Crippen LogP contribution is 2.41. The summed E-state index contributed by atoms with van der Waals surface area (Å²) in [6.45, 7) is 2.15. The number of hydrogen-bond donors (Lipinski definition) is 2. The van der Waals surface area contributed by atoms with Crippen LogP contribution in [0, 0.1) is 16.7 Å². The van der Waals surface area contributed by atoms with Gasteiger partial charge in [0, 0.05) is 24.5 Å². The highest BCUT2D eigenvalue weighted by atomic mass is 19.4. The second kappa shape index (κ2) is 11.4. The quantitative estimate of drug-likeness (QED) is 0.546. The minimum absolute atomic E-state index is 0.0478. The molecule has 0 bridgehead atoms. The van der Waals surface area contributed by atoms with Crippen molar-refractivity contribution in [2.45, 2.75) is 19.1 Å². The van der Waals surface area contributed by atoms with E-state index in [2.05, 4.69) is 5.32 Å². The Morgan fingerprint density at radius 2 is 1.84 bits per heavy atom. The first-order chi connectivity index (χ1) is 17.9. The van der Waals surface area contributed by atoms with Gasteiger partial charge in [-0.1, -0.05) is 18.2 Å². The van der Waals surface area contributed by atoms with Crippen LogP contribution in [-0.4, -0.2) is 62.1 Å². The van der Waals surface area contributed by atoms with Crippen LogP contribution in [0.25, 0.3) is 0 Å². The average molecular weight is 529 g/mol. The molecule has 2 aromatic carbocycles. The van der Waals surface area contributed by atoms with Crippen molar-refractivity contribution in [3.8, 4) is 6.07 Å². The Balaban J connectivity index is 2.24. The first-order valence-electron chi connectivity index (χ1n) is 11.5. The molecule has 9 nitrogen and oxygen atoms in total. The summed E-state index contributed by atoms with van der Waals surface area (Å²) in [4.78, 5) is 30.5. The topological polar surface area (TPSA) is 113 Å². The molecule has 0 spiro atoms. The summed E-state index contributed by atoms with van der Waals surface area (Å²) in [7, 11) is 4.77. The van der Waals surface area contributed by atoms with E-state index in [0.717, 1.165) is 29.0 Å². The fourth-order valence-corrected chi connectivity index (χ4v) is 4.08. The number of likely N-dealkylation sites (N-methyl/N-ethyl adjacent to an activating group) is 1. The number of amides is 2. The van der Waals surface area contributed by atoms with Gasteiger partial charge in [0.25, 0.3) is 0 Å². The number of halogens is 3. The number of urea groups is 1. The molecule has 0 saturated carbocycles. The molecule has 1 unspecified atom stereocenters. The van der Waals surface area contributed by atoms with Crippen LogP contribution in [-0.2, 0) is 15.7 Å². The van der Waals surface area contributed by atoms with Gasteiger partial charge in [-0.25, -0.2) is 9.59 Å². The summed E-state index contributed by atoms with van der Waals surface area (Å²) in [5.74, 6) is -1.29. The average Bonchev–Trinajstić information content (AvgIpc) is 2.87. The van der Waals surface area contributed by atoms with Crippen LogP contribution < -0.4 is 10.2 Å². The number of guanidine groups is 1. The number of alkyl halides is 3. The molecule has 0 aromatic heterocycles. The van der Waals surface area contributed by atoms with E-state index in [1.54, 1.807) is 12.1 Å². The Morgan fingerprint density at radius 1 is 1.18 bits per heavy atom. The van der Waals surface area contributed by atoms with Crippen LogP contribution in [0.4, 0.5) is 23.7 Å². The molecular formula is C26H27F3N6O3. The van der Waals surface area contributed by atoms with Crippen LogP contribution in [0.2, 0.25) is 0 Å². The molecule has 1 atom stereocenters. The molecular weight excluding hydrogens is 501 g/mol. The van der Waals surface area contributed by atoms with E-state index in [1.165, 1.54) is 31.2 Å². The second-order valence-electron chi connectivity index (χ2n) is 8.74. The van der Waals surface area contributed by atoms with Crippen molar-refractivity contribution in [1.29, 1.82) is 10.7 Å². The van der Waals surface area contributed by atoms with Crippen LogP contribution in [0.5, 0.6) is 0 Å². The third kappa shape index (κ3) is 5.78. The van der Waals surface area contributed by atoms with Gasteiger partial charge in [-0.05, 0) is 56.9 Å². The normalized spacial score (nSPS) is 16.0. The fraction of sp³-hybridized carbons (Fsp3) is 0.308. The maximum absolute atomic E-state index is 13.5. The molecule has 0 aliphatic carbocycles. The molecule has 1 heterocycles. The lowest BCUT2D eigenvalue weighted by Crippen LogP contribution is -2.56. The number of benzene rings is 2. The summed E-state index contributed by atoms with van der Waals surface area (Å²) in [6.07, 6.45) is -4.65. The number of nitrogens with one attached hydrogen (secondary N) is 2. The lowest BCUT2D eigenvalue weighted by atomic mass is 9.92. The lowest BCUT2D eigenvalue weighted by Gasteiger charge is -2.43. The molecule has 3 rings (SSSR count). The van der Waals surface area contributed by atoms with Crippen molar-refractivity contribution in [2.24, 2.45) is 0 Å². The van der Waals surface area contributed by atoms with Crippen molar-refractivity contribution in [3.05, 3.63) is 76.5 Å². The van der Waals surface area contributed by atoms with Crippen molar-refractivity contribution >= 4 is 23.6 Å². The predicted octanol–water partition coefficient (Wildman–Crippen LogP) is 4.09. The van der Waals surface area contributed by atoms with E-state index in [1.807, 2.05) is 25.1 Å². The largest absolute Gasteiger partial charge is 0.466 e. The number of nitriles is 1. The maximum atomic E-state index is 13.5. The molecule has 2 aromatic rings. The van der Waals surface area contributed by atoms with Gasteiger partial charge in [0.05, 0.1) is 29.9 Å². The lowest BCUT2D eigenvalue weighted by molar-refractivity contribution is -0.138. The van der Waals surface area contributed by atoms with Crippen LogP contribution in [0.1, 0.15) is 29.7 Å². The van der Waals surface area contributed by atoms with Gasteiger partial charge in [-0.2, -0.15) is 18.4 Å². The first kappa shape index (κ1) is 28.2. The summed E-state index contributed by atoms with van der Waals surface area (Å²) >= 11 is 0. The van der Waals surface area contributed by atoms with Gasteiger partial charge in [-0.3, -0.25) is 15.2 Å². The number of nitrogens with zero attached hydrogens (tertiary/aromatic N) is 4. The van der Waals surface area contributed by atoms with E-state index >= 15 is 0 Å². The van der Waals surface area contributed by atoms with Crippen molar-refractivity contribution in [1.82, 2.24) is 15.1 Å². The Bertz CT molecular complexity index is 1300. The summed E-state index contributed by atoms with van der Waals surface area (Å²) in [5, 5.41) is 20.9. The molecule has 38 heavy (non-hydrogen) atoms. The van der Waals surface area contributed by atoms with Crippen LogP contribution in [0.3, 0.4) is 0 Å². The van der Waals surface area contributed by atoms with E-state index in [9.17, 15) is 28.0 Å². The number of hydrogen-bond acceptors (Lipinski definition) is 6. The number of methoxy groups -OCH3 is 1. The van der Waals surface area contributed by atoms with Gasteiger partial charge in [0.2, 0.25) is 5.96 Å². The summed E-state index contributed by atoms with van der Waals surface area (Å²) in [5.41, 5.74) is -0.201. The SMILES string of the molecule is COC(=O)C1=C(C)N(c2cccc(C(F)(F)F)c2)C(=N)N(C(=O)NCCN(C)C)C1c1ccc(C#N)cc1. The fourth-order valence-electron chi connectivity index (χ4n) is 4.08. The van der Waals surface area contributed by atoms with Gasteiger partial charge in [-0.15, -0.1) is 0 Å². The predicted molar refractivity (Wildman–Crippen MR) is 134 cm³/mol. The van der Waals surface area contributed by atoms with E-state index in [0.29, 0.717) is 17.7 Å². The number of carbonyl (C=O) groups is 2. The molecule has 0 saturated heterocycles. The molecule has 0 fully saturated rings. The Kier molecular flexibility index (Phi) is 8.42. The van der Waals surface area contributed by atoms with Gasteiger partial charge < -0.3 is 15.0 Å². The summed E-state index contributed by atoms with van der Waals surface area (Å²) in [6, 6.07) is 10.5. The van der Waals surface area contributed by atoms with E-state index in [-0.39, 0.29) is 23.5 Å². The van der Waals surface area contributed by atoms with Crippen LogP contribution in [0.15, 0.2) is 59.8 Å². The highest BCUT2D eigenvalue weighted by molar-refractivity contribution is 6.10. The second-order valence-corrected chi connectivity index (χ2v) is 8.74. The minimum Gasteiger partial charge on any atom is -0.466 e. The third-order valence-electron chi connectivity index (χ3n) is 5.94. The molecule has 12 heteroatoms. The van der Waals surface area contributed by atoms with Gasteiger partial charge in [0.15, 0.2) is 0 Å². The molecule has 2 amide bonds. The number of esters is 1. The Labute approximate surface area is 218 Å². The standard InChI is InChI=1S/C26H27F3N6O3/c1-16-21(23(36)38-4)22(18-10-8-17(15-30)9-11-18)35(25(37)32-12-13-33(2)3)24(31)34(16)20-7-5-6-19(14-20)26(27,28)29/h5-11,14,22,31H,12-13H2,1-4H3,(H,32,37). The Morgan fingerprint density at radius 3 is 2.39 bits per heavy atom. The number of allylic oxidation sites excluding steroid dienone is 1. The monoisotopic (exact) mass is 528 g/mol. The highest BCUT2D eigenvalue weighted by Gasteiger charge is 2.44. The zero-order chi connectivity index (χ0) is 28.2. The zero-order valence-corrected chi connectivity index (χ0v) is 21.3. The number of carbonyl (C=O) groups excluding carboxylic acids is 2. The van der Waals surface area contributed by atoms with Gasteiger partial charge >= 0.3 is 18.2 Å². The van der Waals surface area contributed by atoms with Crippen molar-refractivity contribution in [2.75, 3.05) is 39.2 Å². The number of ether oxygens (including phenoxy) is 1. The molecule has 200 valence electrons. The minimum atomic E-state index is -4.65. The Hall–Kier alpha value is -4.37. The van der Waals surface area contributed by atoms with Crippen molar-refractivity contribution in [3.63, 3.8) is 0 Å². The smallest absolute Gasteiger partial charge is 0.416 e. The maximum Gasteiger partial charge on any atom is 0.416 e. The molecule has 2 N–H and O–H groups in total.